The predicted octanol–water partition coefficient (Wildman–Crippen LogP) is 2.35. The lowest BCUT2D eigenvalue weighted by atomic mass is 9.81. The van der Waals surface area contributed by atoms with E-state index in [1.165, 1.54) is 64.8 Å². The number of fused-ring (bicyclic) bond motifs is 1. The predicted molar refractivity (Wildman–Crippen MR) is 81.9 cm³/mol. The smallest absolute Gasteiger partial charge is 0.0472 e. The minimum atomic E-state index is 0.467. The topological polar surface area (TPSA) is 15.7 Å². The molecule has 3 heterocycles. The van der Waals surface area contributed by atoms with E-state index in [0.717, 1.165) is 24.6 Å². The Kier molecular flexibility index (Phi) is 4.83. The third kappa shape index (κ3) is 3.34. The summed E-state index contributed by atoms with van der Waals surface area (Å²) in [7, 11) is 0. The van der Waals surface area contributed by atoms with Crippen molar-refractivity contribution in [2.45, 2.75) is 38.1 Å². The van der Waals surface area contributed by atoms with Crippen LogP contribution in [0.2, 0.25) is 0 Å². The highest BCUT2D eigenvalue weighted by Crippen LogP contribution is 2.34. The summed E-state index contributed by atoms with van der Waals surface area (Å²) in [4.78, 5) is 5.46. The highest BCUT2D eigenvalue weighted by molar-refractivity contribution is 9.09. The molecule has 3 aliphatic rings. The minimum absolute atomic E-state index is 0.467. The summed E-state index contributed by atoms with van der Waals surface area (Å²) in [5.74, 6) is 0. The van der Waals surface area contributed by atoms with E-state index in [2.05, 4.69) is 25.7 Å². The molecule has 0 bridgehead atoms. The average Bonchev–Trinajstić information content (AvgIpc) is 2.48. The second kappa shape index (κ2) is 6.42. The molecule has 0 aliphatic carbocycles. The van der Waals surface area contributed by atoms with Crippen LogP contribution in [0.25, 0.3) is 0 Å². The monoisotopic (exact) mass is 330 g/mol. The van der Waals surface area contributed by atoms with Crippen molar-refractivity contribution in [2.75, 3.05) is 51.3 Å². The molecule has 0 radical (unpaired) electrons. The van der Waals surface area contributed by atoms with Crippen molar-refractivity contribution in [1.82, 2.24) is 9.80 Å². The first-order chi connectivity index (χ1) is 9.31. The summed E-state index contributed by atoms with van der Waals surface area (Å²) < 4.78 is 5.55. The summed E-state index contributed by atoms with van der Waals surface area (Å²) in [6.07, 6.45) is 6.72. The standard InChI is InChI=1S/C15H27BrN2O/c16-12-15(4-9-19-10-5-15)13-17-7-8-18-6-2-1-3-14(18)11-17/h14H,1-13H2. The van der Waals surface area contributed by atoms with Crippen LogP contribution in [0.5, 0.6) is 0 Å². The average molecular weight is 331 g/mol. The van der Waals surface area contributed by atoms with Crippen LogP contribution in [0, 0.1) is 5.41 Å². The van der Waals surface area contributed by atoms with Crippen LogP contribution in [0.3, 0.4) is 0 Å². The lowest BCUT2D eigenvalue weighted by molar-refractivity contribution is -0.0154. The van der Waals surface area contributed by atoms with E-state index in [0.29, 0.717) is 5.41 Å². The van der Waals surface area contributed by atoms with Gasteiger partial charge in [0, 0.05) is 50.8 Å². The van der Waals surface area contributed by atoms with E-state index in [9.17, 15) is 0 Å². The third-order valence-electron chi connectivity index (χ3n) is 5.32. The zero-order valence-electron chi connectivity index (χ0n) is 12.0. The van der Waals surface area contributed by atoms with Gasteiger partial charge in [-0.1, -0.05) is 22.4 Å². The van der Waals surface area contributed by atoms with Gasteiger partial charge in [-0.3, -0.25) is 9.80 Å². The highest BCUT2D eigenvalue weighted by Gasteiger charge is 2.36. The molecular formula is C15H27BrN2O. The molecule has 0 amide bonds. The second-order valence-corrected chi connectivity index (χ2v) is 7.23. The Morgan fingerprint density at radius 2 is 1.95 bits per heavy atom. The zero-order valence-corrected chi connectivity index (χ0v) is 13.5. The van der Waals surface area contributed by atoms with Crippen LogP contribution >= 0.6 is 15.9 Å². The number of ether oxygens (including phenoxy) is 1. The van der Waals surface area contributed by atoms with Crippen LogP contribution in [-0.4, -0.2) is 67.1 Å². The van der Waals surface area contributed by atoms with Crippen LogP contribution in [-0.2, 0) is 4.74 Å². The summed E-state index contributed by atoms with van der Waals surface area (Å²) in [6.45, 7) is 8.38. The van der Waals surface area contributed by atoms with Crippen LogP contribution in [0.15, 0.2) is 0 Å². The second-order valence-electron chi connectivity index (χ2n) is 6.67. The van der Waals surface area contributed by atoms with Crippen LogP contribution < -0.4 is 0 Å². The Bertz CT molecular complexity index is 294. The highest BCUT2D eigenvalue weighted by atomic mass is 79.9. The van der Waals surface area contributed by atoms with Gasteiger partial charge < -0.3 is 4.74 Å². The fourth-order valence-electron chi connectivity index (χ4n) is 3.98. The molecule has 3 saturated heterocycles. The molecule has 3 fully saturated rings. The van der Waals surface area contributed by atoms with Crippen molar-refractivity contribution in [2.24, 2.45) is 5.41 Å². The molecule has 0 N–H and O–H groups in total. The van der Waals surface area contributed by atoms with E-state index >= 15 is 0 Å². The van der Waals surface area contributed by atoms with Crippen molar-refractivity contribution >= 4 is 15.9 Å². The summed E-state index contributed by atoms with van der Waals surface area (Å²) in [5.41, 5.74) is 0.467. The quantitative estimate of drug-likeness (QED) is 0.739. The Morgan fingerprint density at radius 1 is 1.11 bits per heavy atom. The number of nitrogens with zero attached hydrogens (tertiary/aromatic N) is 2. The Labute approximate surface area is 125 Å². The Hall–Kier alpha value is 0.360. The molecule has 3 rings (SSSR count). The maximum Gasteiger partial charge on any atom is 0.0472 e. The van der Waals surface area contributed by atoms with Crippen LogP contribution in [0.4, 0.5) is 0 Å². The molecule has 0 spiro atoms. The van der Waals surface area contributed by atoms with Gasteiger partial charge >= 0.3 is 0 Å². The van der Waals surface area contributed by atoms with E-state index in [-0.39, 0.29) is 0 Å². The van der Waals surface area contributed by atoms with Gasteiger partial charge in [0.15, 0.2) is 0 Å². The zero-order chi connectivity index (χ0) is 13.1. The maximum absolute atomic E-state index is 5.55. The van der Waals surface area contributed by atoms with Crippen molar-refractivity contribution in [3.05, 3.63) is 0 Å². The van der Waals surface area contributed by atoms with Crippen molar-refractivity contribution in [3.63, 3.8) is 0 Å². The molecule has 0 aromatic carbocycles. The molecule has 3 nitrogen and oxygen atoms in total. The van der Waals surface area contributed by atoms with E-state index in [1.54, 1.807) is 0 Å². The number of hydrogen-bond acceptors (Lipinski definition) is 3. The van der Waals surface area contributed by atoms with Crippen molar-refractivity contribution in [3.8, 4) is 0 Å². The fraction of sp³-hybridized carbons (Fsp3) is 1.00. The number of piperazine rings is 1. The molecule has 0 saturated carbocycles. The van der Waals surface area contributed by atoms with Gasteiger partial charge in [0.1, 0.15) is 0 Å². The largest absolute Gasteiger partial charge is 0.381 e. The van der Waals surface area contributed by atoms with E-state index in [1.807, 2.05) is 0 Å². The Balaban J connectivity index is 1.57. The number of rotatable bonds is 3. The van der Waals surface area contributed by atoms with Gasteiger partial charge in [-0.2, -0.15) is 0 Å². The molecule has 1 unspecified atom stereocenters. The lowest BCUT2D eigenvalue weighted by Gasteiger charge is -2.47. The first kappa shape index (κ1) is 14.3. The van der Waals surface area contributed by atoms with Gasteiger partial charge in [-0.15, -0.1) is 0 Å². The molecule has 3 aliphatic heterocycles. The minimum Gasteiger partial charge on any atom is -0.381 e. The van der Waals surface area contributed by atoms with E-state index < -0.39 is 0 Å². The number of alkyl halides is 1. The SMILES string of the molecule is BrCC1(CN2CCN3CCCCC3C2)CCOCC1. The molecule has 1 atom stereocenters. The molecule has 19 heavy (non-hydrogen) atoms. The first-order valence-corrected chi connectivity index (χ1v) is 9.04. The third-order valence-corrected chi connectivity index (χ3v) is 6.51. The number of piperidine rings is 1. The molecule has 0 aromatic rings. The maximum atomic E-state index is 5.55. The van der Waals surface area contributed by atoms with Gasteiger partial charge in [-0.05, 0) is 37.6 Å². The van der Waals surface area contributed by atoms with Gasteiger partial charge in [0.05, 0.1) is 0 Å². The molecule has 110 valence electrons. The van der Waals surface area contributed by atoms with Crippen LogP contribution in [0.1, 0.15) is 32.1 Å². The fourth-order valence-corrected chi connectivity index (χ4v) is 4.71. The molecular weight excluding hydrogens is 304 g/mol. The Morgan fingerprint density at radius 3 is 2.74 bits per heavy atom. The van der Waals surface area contributed by atoms with E-state index in [4.69, 9.17) is 4.74 Å². The first-order valence-electron chi connectivity index (χ1n) is 7.91. The molecule has 0 aromatic heterocycles. The number of hydrogen-bond donors (Lipinski definition) is 0. The normalized spacial score (nSPS) is 33.0. The van der Waals surface area contributed by atoms with Gasteiger partial charge in [-0.25, -0.2) is 0 Å². The molecule has 4 heteroatoms. The summed E-state index contributed by atoms with van der Waals surface area (Å²) in [5, 5.41) is 1.13. The van der Waals surface area contributed by atoms with Crippen molar-refractivity contribution < 1.29 is 4.74 Å². The number of halogens is 1. The lowest BCUT2D eigenvalue weighted by Crippen LogP contribution is -2.57. The van der Waals surface area contributed by atoms with Gasteiger partial charge in [0.2, 0.25) is 0 Å². The summed E-state index contributed by atoms with van der Waals surface area (Å²) >= 11 is 3.77. The summed E-state index contributed by atoms with van der Waals surface area (Å²) in [6, 6.07) is 0.842. The van der Waals surface area contributed by atoms with Crippen molar-refractivity contribution in [1.29, 1.82) is 0 Å². The van der Waals surface area contributed by atoms with Gasteiger partial charge in [0.25, 0.3) is 0 Å².